The Labute approximate surface area is 151 Å². The first kappa shape index (κ1) is 18.9. The zero-order chi connectivity index (χ0) is 18.4. The van der Waals surface area contributed by atoms with E-state index >= 15 is 0 Å². The van der Waals surface area contributed by atoms with Crippen LogP contribution in [-0.2, 0) is 11.3 Å². The van der Waals surface area contributed by atoms with E-state index in [1.807, 2.05) is 25.1 Å². The number of rotatable bonds is 7. The van der Waals surface area contributed by atoms with Gasteiger partial charge in [-0.3, -0.25) is 9.59 Å². The Balaban J connectivity index is 2.13. The van der Waals surface area contributed by atoms with Crippen molar-refractivity contribution < 1.29 is 19.4 Å². The zero-order valence-electron chi connectivity index (χ0n) is 14.4. The number of benzene rings is 2. The summed E-state index contributed by atoms with van der Waals surface area (Å²) >= 11 is 1.15. The number of hydrogen-bond donors (Lipinski definition) is 2. The Hall–Kier alpha value is -2.47. The Kier molecular flexibility index (Phi) is 6.47. The number of carboxylic acids is 1. The summed E-state index contributed by atoms with van der Waals surface area (Å²) in [6, 6.07) is 12.8. The molecule has 2 aromatic rings. The molecule has 0 spiro atoms. The highest BCUT2D eigenvalue weighted by atomic mass is 32.2. The van der Waals surface area contributed by atoms with Crippen LogP contribution in [0.2, 0.25) is 0 Å². The van der Waals surface area contributed by atoms with Gasteiger partial charge in [0.05, 0.1) is 12.7 Å². The third-order valence-electron chi connectivity index (χ3n) is 3.67. The van der Waals surface area contributed by atoms with E-state index in [0.29, 0.717) is 17.0 Å². The van der Waals surface area contributed by atoms with Crippen LogP contribution in [0.4, 0.5) is 0 Å². The highest BCUT2D eigenvalue weighted by Gasteiger charge is 2.18. The molecule has 2 rings (SSSR count). The van der Waals surface area contributed by atoms with Gasteiger partial charge in [0.2, 0.25) is 0 Å². The van der Waals surface area contributed by atoms with Crippen LogP contribution in [0.5, 0.6) is 5.75 Å². The number of methoxy groups -OCH3 is 1. The van der Waals surface area contributed by atoms with E-state index in [9.17, 15) is 9.59 Å². The number of hydrogen-bond acceptors (Lipinski definition) is 4. The van der Waals surface area contributed by atoms with Gasteiger partial charge in [-0.1, -0.05) is 24.3 Å². The molecule has 0 heterocycles. The summed E-state index contributed by atoms with van der Waals surface area (Å²) in [5.74, 6) is -0.435. The van der Waals surface area contributed by atoms with E-state index in [-0.39, 0.29) is 5.91 Å². The Bertz CT molecular complexity index is 776. The molecule has 0 aliphatic rings. The maximum absolute atomic E-state index is 12.5. The number of nitrogens with one attached hydrogen (secondary N) is 1. The number of amides is 1. The molecule has 0 aromatic heterocycles. The molecule has 6 heteroatoms. The minimum Gasteiger partial charge on any atom is -0.496 e. The molecule has 0 aliphatic heterocycles. The van der Waals surface area contributed by atoms with Gasteiger partial charge < -0.3 is 15.2 Å². The second-order valence-corrected chi connectivity index (χ2v) is 6.98. The molecule has 132 valence electrons. The van der Waals surface area contributed by atoms with Crippen molar-refractivity contribution in [1.82, 2.24) is 5.32 Å². The first-order valence-corrected chi connectivity index (χ1v) is 8.70. The van der Waals surface area contributed by atoms with E-state index in [4.69, 9.17) is 9.84 Å². The number of aliphatic carboxylic acids is 1. The molecule has 2 N–H and O–H groups in total. The minimum atomic E-state index is -0.912. The SMILES string of the molecule is COc1cc(C)ccc1CNC(=O)c1ccccc1SC(C)C(=O)O. The molecular formula is C19H21NO4S. The van der Waals surface area contributed by atoms with Gasteiger partial charge in [-0.2, -0.15) is 0 Å². The van der Waals surface area contributed by atoms with Crippen molar-refractivity contribution in [3.63, 3.8) is 0 Å². The zero-order valence-corrected chi connectivity index (χ0v) is 15.2. The van der Waals surface area contributed by atoms with Gasteiger partial charge in [0, 0.05) is 17.0 Å². The maximum Gasteiger partial charge on any atom is 0.316 e. The van der Waals surface area contributed by atoms with E-state index in [1.165, 1.54) is 0 Å². The summed E-state index contributed by atoms with van der Waals surface area (Å²) < 4.78 is 5.35. The summed E-state index contributed by atoms with van der Waals surface area (Å²) in [5.41, 5.74) is 2.42. The second kappa shape index (κ2) is 8.58. The van der Waals surface area contributed by atoms with Crippen molar-refractivity contribution in [2.75, 3.05) is 7.11 Å². The molecule has 0 saturated heterocycles. The average Bonchev–Trinajstić information content (AvgIpc) is 2.60. The van der Waals surface area contributed by atoms with E-state index < -0.39 is 11.2 Å². The van der Waals surface area contributed by atoms with Gasteiger partial charge >= 0.3 is 5.97 Å². The third kappa shape index (κ3) is 5.00. The largest absolute Gasteiger partial charge is 0.496 e. The Morgan fingerprint density at radius 1 is 1.24 bits per heavy atom. The molecule has 0 fully saturated rings. The minimum absolute atomic E-state index is 0.247. The lowest BCUT2D eigenvalue weighted by atomic mass is 10.1. The fourth-order valence-electron chi connectivity index (χ4n) is 2.27. The van der Waals surface area contributed by atoms with E-state index in [0.717, 1.165) is 28.6 Å². The van der Waals surface area contributed by atoms with Crippen LogP contribution in [0.15, 0.2) is 47.4 Å². The number of carbonyl (C=O) groups is 2. The van der Waals surface area contributed by atoms with Crippen LogP contribution in [0.3, 0.4) is 0 Å². The first-order valence-electron chi connectivity index (χ1n) is 7.82. The molecule has 0 saturated carbocycles. The van der Waals surface area contributed by atoms with Gasteiger partial charge in [0.15, 0.2) is 0 Å². The fraction of sp³-hybridized carbons (Fsp3) is 0.263. The lowest BCUT2D eigenvalue weighted by Gasteiger charge is -2.13. The summed E-state index contributed by atoms with van der Waals surface area (Å²) in [5, 5.41) is 11.3. The van der Waals surface area contributed by atoms with Crippen LogP contribution >= 0.6 is 11.8 Å². The molecule has 1 amide bonds. The number of thioether (sulfide) groups is 1. The number of carboxylic acid groups (broad SMARTS) is 1. The molecule has 1 atom stereocenters. The topological polar surface area (TPSA) is 75.6 Å². The van der Waals surface area contributed by atoms with Crippen LogP contribution in [0.1, 0.15) is 28.4 Å². The standard InChI is InChI=1S/C19H21NO4S/c1-12-8-9-14(16(10-12)24-3)11-20-18(21)15-6-4-5-7-17(15)25-13(2)19(22)23/h4-10,13H,11H2,1-3H3,(H,20,21)(H,22,23). The number of ether oxygens (including phenoxy) is 1. The van der Waals surface area contributed by atoms with Gasteiger partial charge in [-0.05, 0) is 37.6 Å². The lowest BCUT2D eigenvalue weighted by molar-refractivity contribution is -0.136. The van der Waals surface area contributed by atoms with Crippen molar-refractivity contribution >= 4 is 23.6 Å². The molecule has 0 aliphatic carbocycles. The normalized spacial score (nSPS) is 11.6. The van der Waals surface area contributed by atoms with Crippen LogP contribution < -0.4 is 10.1 Å². The van der Waals surface area contributed by atoms with Gasteiger partial charge in [-0.25, -0.2) is 0 Å². The van der Waals surface area contributed by atoms with Gasteiger partial charge in [-0.15, -0.1) is 11.8 Å². The highest BCUT2D eigenvalue weighted by Crippen LogP contribution is 2.27. The molecule has 2 aromatic carbocycles. The molecule has 25 heavy (non-hydrogen) atoms. The number of carbonyl (C=O) groups excluding carboxylic acids is 1. The second-order valence-electron chi connectivity index (χ2n) is 5.59. The maximum atomic E-state index is 12.5. The monoisotopic (exact) mass is 359 g/mol. The predicted molar refractivity (Wildman–Crippen MR) is 98.3 cm³/mol. The Morgan fingerprint density at radius 3 is 2.64 bits per heavy atom. The molecule has 0 bridgehead atoms. The molecule has 5 nitrogen and oxygen atoms in total. The van der Waals surface area contributed by atoms with E-state index in [1.54, 1.807) is 38.3 Å². The third-order valence-corrected chi connectivity index (χ3v) is 4.83. The van der Waals surface area contributed by atoms with Gasteiger partial charge in [0.1, 0.15) is 11.0 Å². The summed E-state index contributed by atoms with van der Waals surface area (Å²) in [6.45, 7) is 3.90. The highest BCUT2D eigenvalue weighted by molar-refractivity contribution is 8.00. The quantitative estimate of drug-likeness (QED) is 0.740. The lowest BCUT2D eigenvalue weighted by Crippen LogP contribution is -2.24. The summed E-state index contributed by atoms with van der Waals surface area (Å²) in [7, 11) is 1.60. The molecular weight excluding hydrogens is 338 g/mol. The molecule has 0 radical (unpaired) electrons. The van der Waals surface area contributed by atoms with E-state index in [2.05, 4.69) is 5.32 Å². The van der Waals surface area contributed by atoms with Crippen molar-refractivity contribution in [1.29, 1.82) is 0 Å². The van der Waals surface area contributed by atoms with Crippen molar-refractivity contribution in [3.05, 3.63) is 59.2 Å². The summed E-state index contributed by atoms with van der Waals surface area (Å²) in [6.07, 6.45) is 0. The van der Waals surface area contributed by atoms with Crippen molar-refractivity contribution in [3.8, 4) is 5.75 Å². The van der Waals surface area contributed by atoms with Crippen molar-refractivity contribution in [2.24, 2.45) is 0 Å². The fourth-order valence-corrected chi connectivity index (χ4v) is 3.19. The first-order chi connectivity index (χ1) is 11.9. The van der Waals surface area contributed by atoms with Crippen molar-refractivity contribution in [2.45, 2.75) is 30.5 Å². The van der Waals surface area contributed by atoms with Crippen LogP contribution in [0, 0.1) is 6.92 Å². The van der Waals surface area contributed by atoms with Crippen LogP contribution in [-0.4, -0.2) is 29.3 Å². The summed E-state index contributed by atoms with van der Waals surface area (Å²) in [4.78, 5) is 24.2. The van der Waals surface area contributed by atoms with Crippen LogP contribution in [0.25, 0.3) is 0 Å². The molecule has 1 unspecified atom stereocenters. The Morgan fingerprint density at radius 2 is 1.96 bits per heavy atom. The average molecular weight is 359 g/mol. The van der Waals surface area contributed by atoms with Gasteiger partial charge in [0.25, 0.3) is 5.91 Å². The number of aryl methyl sites for hydroxylation is 1. The smallest absolute Gasteiger partial charge is 0.316 e. The predicted octanol–water partition coefficient (Wildman–Crippen LogP) is 3.50.